The zero-order chi connectivity index (χ0) is 17.2. The molecule has 2 aliphatic rings. The van der Waals surface area contributed by atoms with E-state index in [9.17, 15) is 13.2 Å². The molecule has 134 valence electrons. The minimum atomic E-state index is -3.37. The smallest absolute Gasteiger partial charge is 0.252 e. The number of piperazine rings is 1. The zero-order valence-electron chi connectivity index (χ0n) is 14.1. The summed E-state index contributed by atoms with van der Waals surface area (Å²) in [4.78, 5) is 16.6. The van der Waals surface area contributed by atoms with E-state index in [0.717, 1.165) is 19.4 Å². The van der Waals surface area contributed by atoms with E-state index in [1.54, 1.807) is 17.5 Å². The topological polar surface area (TPSA) is 60.9 Å². The molecule has 0 aliphatic carbocycles. The molecule has 1 aromatic heterocycles. The van der Waals surface area contributed by atoms with Gasteiger partial charge in [0.25, 0.3) is 10.0 Å². The van der Waals surface area contributed by atoms with Crippen LogP contribution in [0.1, 0.15) is 26.2 Å². The van der Waals surface area contributed by atoms with Gasteiger partial charge in [0.2, 0.25) is 5.91 Å². The van der Waals surface area contributed by atoms with Crippen LogP contribution in [-0.4, -0.2) is 73.7 Å². The van der Waals surface area contributed by atoms with Crippen LogP contribution in [0.5, 0.6) is 0 Å². The Morgan fingerprint density at radius 3 is 2.58 bits per heavy atom. The van der Waals surface area contributed by atoms with Crippen LogP contribution in [0.15, 0.2) is 21.7 Å². The summed E-state index contributed by atoms with van der Waals surface area (Å²) in [6.45, 7) is 5.48. The lowest BCUT2D eigenvalue weighted by atomic mass is 10.0. The first-order chi connectivity index (χ1) is 11.5. The summed E-state index contributed by atoms with van der Waals surface area (Å²) in [7, 11) is -3.37. The highest BCUT2D eigenvalue weighted by Crippen LogP contribution is 2.22. The number of amides is 1. The number of sulfonamides is 1. The van der Waals surface area contributed by atoms with Crippen molar-refractivity contribution >= 4 is 27.3 Å². The maximum atomic E-state index is 12.5. The van der Waals surface area contributed by atoms with E-state index < -0.39 is 10.0 Å². The molecule has 3 heterocycles. The molecule has 2 aliphatic heterocycles. The minimum Gasteiger partial charge on any atom is -0.339 e. The van der Waals surface area contributed by atoms with Gasteiger partial charge in [-0.2, -0.15) is 4.31 Å². The number of rotatable bonds is 4. The number of nitrogens with zero attached hydrogens (tertiary/aromatic N) is 3. The lowest BCUT2D eigenvalue weighted by Gasteiger charge is -2.37. The van der Waals surface area contributed by atoms with Crippen molar-refractivity contribution in [1.29, 1.82) is 0 Å². The summed E-state index contributed by atoms with van der Waals surface area (Å²) in [5.41, 5.74) is 0. The first-order valence-electron chi connectivity index (χ1n) is 8.54. The van der Waals surface area contributed by atoms with E-state index in [4.69, 9.17) is 0 Å². The predicted octanol–water partition coefficient (Wildman–Crippen LogP) is 1.46. The Kier molecular flexibility index (Phi) is 5.59. The molecule has 2 saturated heterocycles. The molecule has 1 unspecified atom stereocenters. The number of piperidine rings is 1. The highest BCUT2D eigenvalue weighted by atomic mass is 32.2. The van der Waals surface area contributed by atoms with Gasteiger partial charge in [-0.3, -0.25) is 9.69 Å². The van der Waals surface area contributed by atoms with Crippen LogP contribution in [0.2, 0.25) is 0 Å². The molecule has 3 rings (SSSR count). The molecule has 2 fully saturated rings. The van der Waals surface area contributed by atoms with E-state index >= 15 is 0 Å². The number of hydrogen-bond donors (Lipinski definition) is 0. The summed E-state index contributed by atoms with van der Waals surface area (Å²) in [6, 6.07) is 3.73. The van der Waals surface area contributed by atoms with Gasteiger partial charge in [-0.05, 0) is 37.6 Å². The Balaban J connectivity index is 1.53. The fraction of sp³-hybridized carbons (Fsp3) is 0.688. The second kappa shape index (κ2) is 7.51. The van der Waals surface area contributed by atoms with Crippen molar-refractivity contribution in [2.75, 3.05) is 39.3 Å². The van der Waals surface area contributed by atoms with Crippen molar-refractivity contribution in [3.05, 3.63) is 17.5 Å². The maximum absolute atomic E-state index is 12.5. The van der Waals surface area contributed by atoms with Gasteiger partial charge in [0.1, 0.15) is 4.21 Å². The molecule has 1 atom stereocenters. The lowest BCUT2D eigenvalue weighted by molar-refractivity contribution is -0.135. The lowest BCUT2D eigenvalue weighted by Crippen LogP contribution is -2.53. The van der Waals surface area contributed by atoms with Crippen LogP contribution in [0.3, 0.4) is 0 Å². The second-order valence-electron chi connectivity index (χ2n) is 6.54. The fourth-order valence-electron chi connectivity index (χ4n) is 3.42. The Labute approximate surface area is 148 Å². The molecule has 24 heavy (non-hydrogen) atoms. The number of likely N-dealkylation sites (tertiary alicyclic amines) is 1. The quantitative estimate of drug-likeness (QED) is 0.804. The van der Waals surface area contributed by atoms with Gasteiger partial charge in [-0.15, -0.1) is 11.3 Å². The number of carbonyl (C=O) groups excluding carboxylic acids is 1. The third-order valence-electron chi connectivity index (χ3n) is 4.90. The van der Waals surface area contributed by atoms with Crippen LogP contribution >= 0.6 is 11.3 Å². The third kappa shape index (κ3) is 3.82. The summed E-state index contributed by atoms with van der Waals surface area (Å²) in [6.07, 6.45) is 3.37. The van der Waals surface area contributed by atoms with Crippen LogP contribution in [0.4, 0.5) is 0 Å². The monoisotopic (exact) mass is 371 g/mol. The van der Waals surface area contributed by atoms with Crippen LogP contribution in [0, 0.1) is 0 Å². The number of thiophene rings is 1. The molecule has 0 spiro atoms. The normalized spacial score (nSPS) is 24.2. The largest absolute Gasteiger partial charge is 0.339 e. The van der Waals surface area contributed by atoms with Gasteiger partial charge >= 0.3 is 0 Å². The van der Waals surface area contributed by atoms with Crippen LogP contribution < -0.4 is 0 Å². The van der Waals surface area contributed by atoms with Gasteiger partial charge in [0, 0.05) is 38.8 Å². The first-order valence-corrected chi connectivity index (χ1v) is 10.9. The molecule has 0 aromatic carbocycles. The maximum Gasteiger partial charge on any atom is 0.252 e. The van der Waals surface area contributed by atoms with Crippen molar-refractivity contribution in [2.24, 2.45) is 0 Å². The molecular weight excluding hydrogens is 346 g/mol. The summed E-state index contributed by atoms with van der Waals surface area (Å²) < 4.78 is 26.9. The molecule has 1 aromatic rings. The molecule has 0 bridgehead atoms. The zero-order valence-corrected chi connectivity index (χ0v) is 15.7. The molecule has 0 saturated carbocycles. The summed E-state index contributed by atoms with van der Waals surface area (Å²) >= 11 is 1.25. The van der Waals surface area contributed by atoms with Crippen LogP contribution in [-0.2, 0) is 14.8 Å². The molecule has 6 nitrogen and oxygen atoms in total. The van der Waals surface area contributed by atoms with Crippen molar-refractivity contribution in [1.82, 2.24) is 14.1 Å². The van der Waals surface area contributed by atoms with E-state index in [2.05, 4.69) is 11.8 Å². The average molecular weight is 372 g/mol. The first kappa shape index (κ1) is 17.8. The van der Waals surface area contributed by atoms with Crippen molar-refractivity contribution < 1.29 is 13.2 Å². The number of hydrogen-bond acceptors (Lipinski definition) is 5. The second-order valence-corrected chi connectivity index (χ2v) is 9.66. The van der Waals surface area contributed by atoms with Crippen LogP contribution in [0.25, 0.3) is 0 Å². The molecule has 0 radical (unpaired) electrons. The Bertz CT molecular complexity index is 652. The van der Waals surface area contributed by atoms with E-state index in [0.29, 0.717) is 43.0 Å². The van der Waals surface area contributed by atoms with E-state index in [1.165, 1.54) is 22.1 Å². The Morgan fingerprint density at radius 1 is 1.21 bits per heavy atom. The Hall–Kier alpha value is -0.960. The Morgan fingerprint density at radius 2 is 1.96 bits per heavy atom. The van der Waals surface area contributed by atoms with Gasteiger partial charge in [0.15, 0.2) is 0 Å². The third-order valence-corrected chi connectivity index (χ3v) is 8.17. The summed E-state index contributed by atoms with van der Waals surface area (Å²) in [5, 5.41) is 1.78. The standard InChI is InChI=1S/C16H25N3O3S2/c1-14-5-2-3-7-19(14)15(20)13-17-8-10-18(11-9-17)24(21,22)16-6-4-12-23-16/h4,6,12,14H,2-3,5,7-11,13H2,1H3. The van der Waals surface area contributed by atoms with Gasteiger partial charge in [-0.25, -0.2) is 8.42 Å². The fourth-order valence-corrected chi connectivity index (χ4v) is 5.98. The highest BCUT2D eigenvalue weighted by molar-refractivity contribution is 7.91. The van der Waals surface area contributed by atoms with Crippen molar-refractivity contribution in [3.8, 4) is 0 Å². The van der Waals surface area contributed by atoms with Crippen molar-refractivity contribution in [2.45, 2.75) is 36.4 Å². The molecular formula is C16H25N3O3S2. The highest BCUT2D eigenvalue weighted by Gasteiger charge is 2.31. The average Bonchev–Trinajstić information content (AvgIpc) is 3.11. The molecule has 8 heteroatoms. The van der Waals surface area contributed by atoms with Gasteiger partial charge in [-0.1, -0.05) is 6.07 Å². The van der Waals surface area contributed by atoms with Gasteiger partial charge in [0.05, 0.1) is 6.54 Å². The SMILES string of the molecule is CC1CCCCN1C(=O)CN1CCN(S(=O)(=O)c2cccs2)CC1. The number of carbonyl (C=O) groups is 1. The van der Waals surface area contributed by atoms with E-state index in [1.807, 2.05) is 4.90 Å². The van der Waals surface area contributed by atoms with Gasteiger partial charge < -0.3 is 4.90 Å². The van der Waals surface area contributed by atoms with Crippen molar-refractivity contribution in [3.63, 3.8) is 0 Å². The van der Waals surface area contributed by atoms with E-state index in [-0.39, 0.29) is 5.91 Å². The predicted molar refractivity (Wildman–Crippen MR) is 94.5 cm³/mol. The molecule has 0 N–H and O–H groups in total. The minimum absolute atomic E-state index is 0.178. The summed E-state index contributed by atoms with van der Waals surface area (Å²) in [5.74, 6) is 0.178. The molecule has 1 amide bonds.